The van der Waals surface area contributed by atoms with Gasteiger partial charge in [-0.05, 0) is 37.1 Å². The van der Waals surface area contributed by atoms with E-state index in [1.807, 2.05) is 59.5 Å². The van der Waals surface area contributed by atoms with Crippen molar-refractivity contribution in [2.24, 2.45) is 0 Å². The number of rotatable bonds is 4. The molecular formula is C23H23N3O2. The molecule has 0 radical (unpaired) electrons. The fourth-order valence-electron chi connectivity index (χ4n) is 3.79. The molecule has 3 aromatic rings. The number of benzene rings is 2. The molecule has 4 rings (SSSR count). The molecule has 1 amide bonds. The molecule has 1 saturated heterocycles. The number of methoxy groups -OCH3 is 1. The highest BCUT2D eigenvalue weighted by atomic mass is 16.5. The van der Waals surface area contributed by atoms with E-state index in [2.05, 4.69) is 9.97 Å². The highest BCUT2D eigenvalue weighted by Crippen LogP contribution is 2.33. The Morgan fingerprint density at radius 3 is 2.71 bits per heavy atom. The van der Waals surface area contributed by atoms with Gasteiger partial charge in [0, 0.05) is 42.5 Å². The molecule has 5 heteroatoms. The molecule has 1 atom stereocenters. The van der Waals surface area contributed by atoms with Crippen LogP contribution in [0.4, 0.5) is 0 Å². The van der Waals surface area contributed by atoms with Gasteiger partial charge in [0.1, 0.15) is 5.75 Å². The van der Waals surface area contributed by atoms with Crippen LogP contribution in [-0.2, 0) is 0 Å². The molecule has 0 unspecified atom stereocenters. The van der Waals surface area contributed by atoms with Crippen molar-refractivity contribution in [2.75, 3.05) is 20.2 Å². The van der Waals surface area contributed by atoms with Gasteiger partial charge < -0.3 is 9.64 Å². The average molecular weight is 373 g/mol. The Hall–Kier alpha value is -3.21. The minimum absolute atomic E-state index is 0.0807. The van der Waals surface area contributed by atoms with E-state index in [0.717, 1.165) is 47.7 Å². The van der Waals surface area contributed by atoms with Crippen molar-refractivity contribution in [1.29, 1.82) is 0 Å². The first kappa shape index (κ1) is 18.2. The number of aromatic nitrogens is 2. The minimum Gasteiger partial charge on any atom is -0.497 e. The first-order valence-electron chi connectivity index (χ1n) is 9.56. The van der Waals surface area contributed by atoms with E-state index in [4.69, 9.17) is 4.74 Å². The summed E-state index contributed by atoms with van der Waals surface area (Å²) in [5, 5.41) is 0. The summed E-state index contributed by atoms with van der Waals surface area (Å²) in [4.78, 5) is 24.1. The topological polar surface area (TPSA) is 55.3 Å². The molecule has 1 aromatic heterocycles. The Bertz CT molecular complexity index is 959. The van der Waals surface area contributed by atoms with Gasteiger partial charge in [-0.1, -0.05) is 30.3 Å². The molecule has 0 saturated carbocycles. The average Bonchev–Trinajstić information content (AvgIpc) is 2.79. The van der Waals surface area contributed by atoms with Gasteiger partial charge in [-0.2, -0.15) is 0 Å². The third-order valence-corrected chi connectivity index (χ3v) is 5.19. The Kier molecular flexibility index (Phi) is 5.33. The van der Waals surface area contributed by atoms with Crippen LogP contribution in [0.15, 0.2) is 67.0 Å². The quantitative estimate of drug-likeness (QED) is 0.689. The lowest BCUT2D eigenvalue weighted by molar-refractivity contribution is 0.0706. The van der Waals surface area contributed by atoms with Crippen LogP contribution in [0.2, 0.25) is 0 Å². The largest absolute Gasteiger partial charge is 0.497 e. The molecule has 0 N–H and O–H groups in total. The van der Waals surface area contributed by atoms with Crippen LogP contribution in [0.3, 0.4) is 0 Å². The van der Waals surface area contributed by atoms with Crippen LogP contribution in [0.5, 0.6) is 5.75 Å². The summed E-state index contributed by atoms with van der Waals surface area (Å²) in [6.07, 6.45) is 5.40. The summed E-state index contributed by atoms with van der Waals surface area (Å²) in [6.45, 7) is 1.43. The normalized spacial score (nSPS) is 16.6. The van der Waals surface area contributed by atoms with E-state index in [0.29, 0.717) is 6.54 Å². The van der Waals surface area contributed by atoms with Gasteiger partial charge >= 0.3 is 0 Å². The lowest BCUT2D eigenvalue weighted by Crippen LogP contribution is -2.39. The summed E-state index contributed by atoms with van der Waals surface area (Å²) in [5.74, 6) is 1.03. The molecule has 2 heterocycles. The van der Waals surface area contributed by atoms with E-state index in [1.165, 1.54) is 0 Å². The summed E-state index contributed by atoms with van der Waals surface area (Å²) < 4.78 is 5.36. The monoisotopic (exact) mass is 373 g/mol. The van der Waals surface area contributed by atoms with E-state index in [9.17, 15) is 4.79 Å². The van der Waals surface area contributed by atoms with Crippen molar-refractivity contribution in [1.82, 2.24) is 14.9 Å². The maximum Gasteiger partial charge on any atom is 0.253 e. The van der Waals surface area contributed by atoms with E-state index < -0.39 is 0 Å². The number of carbonyl (C=O) groups excluding carboxylic acids is 1. The van der Waals surface area contributed by atoms with Crippen molar-refractivity contribution in [3.8, 4) is 17.0 Å². The van der Waals surface area contributed by atoms with Gasteiger partial charge in [-0.25, -0.2) is 0 Å². The zero-order chi connectivity index (χ0) is 19.3. The lowest BCUT2D eigenvalue weighted by atomic mass is 9.91. The fraction of sp³-hybridized carbons (Fsp3) is 0.261. The van der Waals surface area contributed by atoms with Gasteiger partial charge in [-0.15, -0.1) is 0 Å². The third kappa shape index (κ3) is 3.74. The fourth-order valence-corrected chi connectivity index (χ4v) is 3.79. The number of amides is 1. The second-order valence-corrected chi connectivity index (χ2v) is 6.98. The van der Waals surface area contributed by atoms with Crippen LogP contribution in [-0.4, -0.2) is 41.0 Å². The molecule has 2 aromatic carbocycles. The second kappa shape index (κ2) is 8.21. The standard InChI is InChI=1S/C23H23N3O2/c1-28-20-11-5-9-18(15-20)21-22(25-13-12-24-21)19-10-6-14-26(16-19)23(27)17-7-3-2-4-8-17/h2-5,7-9,11-13,15,19H,6,10,14,16H2,1H3/t19-/m0/s1. The zero-order valence-corrected chi connectivity index (χ0v) is 15.9. The van der Waals surface area contributed by atoms with Crippen LogP contribution < -0.4 is 4.74 Å². The maximum atomic E-state index is 12.9. The minimum atomic E-state index is 0.0807. The summed E-state index contributed by atoms with van der Waals surface area (Å²) in [7, 11) is 1.66. The number of ether oxygens (including phenoxy) is 1. The second-order valence-electron chi connectivity index (χ2n) is 6.98. The number of nitrogens with zero attached hydrogens (tertiary/aromatic N) is 3. The lowest BCUT2D eigenvalue weighted by Gasteiger charge is -2.33. The van der Waals surface area contributed by atoms with Crippen molar-refractivity contribution in [3.63, 3.8) is 0 Å². The molecule has 142 valence electrons. The van der Waals surface area contributed by atoms with Crippen molar-refractivity contribution in [3.05, 3.63) is 78.2 Å². The molecule has 0 bridgehead atoms. The van der Waals surface area contributed by atoms with Crippen molar-refractivity contribution >= 4 is 5.91 Å². The maximum absolute atomic E-state index is 12.9. The molecule has 1 aliphatic heterocycles. The van der Waals surface area contributed by atoms with Crippen molar-refractivity contribution < 1.29 is 9.53 Å². The van der Waals surface area contributed by atoms with E-state index in [1.54, 1.807) is 19.5 Å². The van der Waals surface area contributed by atoms with Gasteiger partial charge in [0.05, 0.1) is 18.5 Å². The zero-order valence-electron chi connectivity index (χ0n) is 15.9. The first-order valence-corrected chi connectivity index (χ1v) is 9.56. The Morgan fingerprint density at radius 1 is 1.07 bits per heavy atom. The Labute approximate surface area is 165 Å². The Morgan fingerprint density at radius 2 is 1.89 bits per heavy atom. The van der Waals surface area contributed by atoms with Crippen LogP contribution in [0.25, 0.3) is 11.3 Å². The van der Waals surface area contributed by atoms with Gasteiger partial charge in [0.15, 0.2) is 0 Å². The number of hydrogen-bond acceptors (Lipinski definition) is 4. The molecule has 1 aliphatic rings. The molecule has 1 fully saturated rings. The molecule has 5 nitrogen and oxygen atoms in total. The third-order valence-electron chi connectivity index (χ3n) is 5.19. The van der Waals surface area contributed by atoms with Gasteiger partial charge in [-0.3, -0.25) is 14.8 Å². The predicted molar refractivity (Wildman–Crippen MR) is 108 cm³/mol. The van der Waals surface area contributed by atoms with Crippen LogP contribution in [0, 0.1) is 0 Å². The molecule has 0 spiro atoms. The number of likely N-dealkylation sites (tertiary alicyclic amines) is 1. The van der Waals surface area contributed by atoms with Crippen molar-refractivity contribution in [2.45, 2.75) is 18.8 Å². The predicted octanol–water partition coefficient (Wildman–Crippen LogP) is 4.17. The number of hydrogen-bond donors (Lipinski definition) is 0. The van der Waals surface area contributed by atoms with Gasteiger partial charge in [0.2, 0.25) is 0 Å². The van der Waals surface area contributed by atoms with Gasteiger partial charge in [0.25, 0.3) is 5.91 Å². The van der Waals surface area contributed by atoms with Crippen LogP contribution in [0.1, 0.15) is 34.8 Å². The molecular weight excluding hydrogens is 350 g/mol. The summed E-state index contributed by atoms with van der Waals surface area (Å²) >= 11 is 0. The molecule has 28 heavy (non-hydrogen) atoms. The van der Waals surface area contributed by atoms with Crippen LogP contribution >= 0.6 is 0 Å². The van der Waals surface area contributed by atoms with E-state index >= 15 is 0 Å². The summed E-state index contributed by atoms with van der Waals surface area (Å²) in [6, 6.07) is 17.3. The molecule has 0 aliphatic carbocycles. The summed E-state index contributed by atoms with van der Waals surface area (Å²) in [5.41, 5.74) is 3.52. The first-order chi connectivity index (χ1) is 13.8. The number of piperidine rings is 1. The van der Waals surface area contributed by atoms with E-state index in [-0.39, 0.29) is 11.8 Å². The SMILES string of the molecule is COc1cccc(-c2nccnc2[C@H]2CCCN(C(=O)c3ccccc3)C2)c1. The highest BCUT2D eigenvalue weighted by Gasteiger charge is 2.28. The number of carbonyl (C=O) groups is 1. The highest BCUT2D eigenvalue weighted by molar-refractivity contribution is 5.94. The Balaban J connectivity index is 1.62. The smallest absolute Gasteiger partial charge is 0.253 e.